The van der Waals surface area contributed by atoms with Gasteiger partial charge in [-0.25, -0.2) is 0 Å². The first-order chi connectivity index (χ1) is 5.05. The van der Waals surface area contributed by atoms with Crippen molar-refractivity contribution >= 4 is 5.97 Å². The minimum absolute atomic E-state index is 0.268. The Morgan fingerprint density at radius 2 is 2.36 bits per heavy atom. The van der Waals surface area contributed by atoms with Crippen LogP contribution in [0.15, 0.2) is 0 Å². The number of carbonyl (C=O) groups excluding carboxylic acids is 1. The summed E-state index contributed by atoms with van der Waals surface area (Å²) in [5.41, 5.74) is -0.404. The molecular formula is C7H13NO3. The molecule has 0 amide bonds. The maximum Gasteiger partial charge on any atom is 0.325 e. The van der Waals surface area contributed by atoms with Gasteiger partial charge in [0.05, 0.1) is 13.7 Å². The average Bonchev–Trinajstić information content (AvgIpc) is 2.29. The Hall–Kier alpha value is -0.610. The summed E-state index contributed by atoms with van der Waals surface area (Å²) >= 11 is 0. The molecule has 0 spiro atoms. The molecule has 64 valence electrons. The largest absolute Gasteiger partial charge is 0.468 e. The van der Waals surface area contributed by atoms with Crippen LogP contribution in [0, 0.1) is 0 Å². The Morgan fingerprint density at radius 1 is 1.73 bits per heavy atom. The highest BCUT2D eigenvalue weighted by molar-refractivity contribution is 5.76. The van der Waals surface area contributed by atoms with Gasteiger partial charge in [-0.2, -0.15) is 0 Å². The van der Waals surface area contributed by atoms with E-state index in [9.17, 15) is 4.79 Å². The summed E-state index contributed by atoms with van der Waals surface area (Å²) in [6, 6.07) is -0.310. The first-order valence-corrected chi connectivity index (χ1v) is 3.54. The van der Waals surface area contributed by atoms with Gasteiger partial charge in [-0.1, -0.05) is 0 Å². The number of carbonyl (C=O) groups is 1. The van der Waals surface area contributed by atoms with Crippen molar-refractivity contribution in [2.24, 2.45) is 0 Å². The highest BCUT2D eigenvalue weighted by Gasteiger charge is 2.35. The lowest BCUT2D eigenvalue weighted by Gasteiger charge is -2.17. The third-order valence-electron chi connectivity index (χ3n) is 1.62. The van der Waals surface area contributed by atoms with E-state index in [1.165, 1.54) is 7.11 Å². The lowest BCUT2D eigenvalue weighted by molar-refractivity contribution is -0.142. The lowest BCUT2D eigenvalue weighted by Crippen LogP contribution is -2.42. The molecule has 11 heavy (non-hydrogen) atoms. The van der Waals surface area contributed by atoms with Gasteiger partial charge < -0.3 is 9.47 Å². The van der Waals surface area contributed by atoms with E-state index in [4.69, 9.17) is 4.74 Å². The maximum absolute atomic E-state index is 10.9. The third kappa shape index (κ3) is 1.91. The summed E-state index contributed by atoms with van der Waals surface area (Å²) in [6.45, 7) is 4.13. The van der Waals surface area contributed by atoms with E-state index in [1.807, 2.05) is 13.8 Å². The molecule has 1 saturated heterocycles. The molecule has 0 aliphatic carbocycles. The van der Waals surface area contributed by atoms with Crippen molar-refractivity contribution in [2.45, 2.75) is 25.6 Å². The van der Waals surface area contributed by atoms with Gasteiger partial charge >= 0.3 is 5.97 Å². The molecule has 0 aromatic rings. The topological polar surface area (TPSA) is 47.6 Å². The first-order valence-electron chi connectivity index (χ1n) is 3.54. The Balaban J connectivity index is 2.48. The summed E-state index contributed by atoms with van der Waals surface area (Å²) in [6.07, 6.45) is 0. The van der Waals surface area contributed by atoms with Crippen LogP contribution in [0.2, 0.25) is 0 Å². The van der Waals surface area contributed by atoms with Crippen LogP contribution in [-0.2, 0) is 14.3 Å². The van der Waals surface area contributed by atoms with Crippen LogP contribution in [-0.4, -0.2) is 31.5 Å². The van der Waals surface area contributed by atoms with E-state index in [0.29, 0.717) is 6.61 Å². The van der Waals surface area contributed by atoms with E-state index in [2.05, 4.69) is 10.1 Å². The fourth-order valence-electron chi connectivity index (χ4n) is 1.06. The molecule has 1 atom stereocenters. The van der Waals surface area contributed by atoms with Crippen LogP contribution >= 0.6 is 0 Å². The van der Waals surface area contributed by atoms with Gasteiger partial charge in [0.2, 0.25) is 0 Å². The molecule has 0 aromatic heterocycles. The zero-order chi connectivity index (χ0) is 8.48. The molecule has 1 unspecified atom stereocenters. The predicted molar refractivity (Wildman–Crippen MR) is 39.0 cm³/mol. The van der Waals surface area contributed by atoms with E-state index in [0.717, 1.165) is 0 Å². The molecule has 4 nitrogen and oxygen atoms in total. The molecule has 0 bridgehead atoms. The lowest BCUT2D eigenvalue weighted by atomic mass is 10.3. The van der Waals surface area contributed by atoms with Gasteiger partial charge in [0.25, 0.3) is 0 Å². The number of ether oxygens (including phenoxy) is 2. The minimum Gasteiger partial charge on any atom is -0.468 e. The predicted octanol–water partition coefficient (Wildman–Crippen LogP) is -0.116. The quantitative estimate of drug-likeness (QED) is 0.542. The third-order valence-corrected chi connectivity index (χ3v) is 1.62. The average molecular weight is 159 g/mol. The highest BCUT2D eigenvalue weighted by Crippen LogP contribution is 2.14. The SMILES string of the molecule is COC(=O)C1COC(C)(C)N1. The normalized spacial score (nSPS) is 28.5. The van der Waals surface area contributed by atoms with Crippen LogP contribution in [0.4, 0.5) is 0 Å². The Labute approximate surface area is 65.9 Å². The number of rotatable bonds is 1. The van der Waals surface area contributed by atoms with Crippen molar-refractivity contribution in [3.63, 3.8) is 0 Å². The van der Waals surface area contributed by atoms with E-state index in [1.54, 1.807) is 0 Å². The van der Waals surface area contributed by atoms with Gasteiger partial charge in [-0.15, -0.1) is 0 Å². The van der Waals surface area contributed by atoms with Crippen molar-refractivity contribution in [3.05, 3.63) is 0 Å². The van der Waals surface area contributed by atoms with Gasteiger partial charge in [-0.05, 0) is 13.8 Å². The van der Waals surface area contributed by atoms with Gasteiger partial charge in [0.1, 0.15) is 11.8 Å². The number of hydrogen-bond donors (Lipinski definition) is 1. The van der Waals surface area contributed by atoms with Crippen molar-refractivity contribution < 1.29 is 14.3 Å². The zero-order valence-electron chi connectivity index (χ0n) is 7.01. The monoisotopic (exact) mass is 159 g/mol. The summed E-state index contributed by atoms with van der Waals surface area (Å²) in [4.78, 5) is 10.9. The molecule has 0 radical (unpaired) electrons. The molecule has 1 rings (SSSR count). The van der Waals surface area contributed by atoms with Crippen molar-refractivity contribution in [1.82, 2.24) is 5.32 Å². The maximum atomic E-state index is 10.9. The molecule has 1 aliphatic heterocycles. The summed E-state index contributed by atoms with van der Waals surface area (Å²) in [5, 5.41) is 2.98. The van der Waals surface area contributed by atoms with Gasteiger partial charge in [0.15, 0.2) is 0 Å². The Bertz CT molecular complexity index is 167. The molecule has 4 heteroatoms. The molecule has 1 fully saturated rings. The van der Waals surface area contributed by atoms with Crippen molar-refractivity contribution in [2.75, 3.05) is 13.7 Å². The molecule has 0 saturated carbocycles. The van der Waals surface area contributed by atoms with Gasteiger partial charge in [-0.3, -0.25) is 10.1 Å². The highest BCUT2D eigenvalue weighted by atomic mass is 16.5. The van der Waals surface area contributed by atoms with E-state index < -0.39 is 5.72 Å². The van der Waals surface area contributed by atoms with Crippen LogP contribution in [0.3, 0.4) is 0 Å². The molecule has 1 aliphatic rings. The van der Waals surface area contributed by atoms with Crippen LogP contribution in [0.25, 0.3) is 0 Å². The molecule has 1 heterocycles. The fraction of sp³-hybridized carbons (Fsp3) is 0.857. The van der Waals surface area contributed by atoms with Crippen LogP contribution in [0.5, 0.6) is 0 Å². The number of esters is 1. The number of methoxy groups -OCH3 is 1. The second kappa shape index (κ2) is 2.79. The smallest absolute Gasteiger partial charge is 0.325 e. The zero-order valence-corrected chi connectivity index (χ0v) is 7.01. The Morgan fingerprint density at radius 3 is 2.73 bits per heavy atom. The second-order valence-electron chi connectivity index (χ2n) is 3.04. The molecule has 1 N–H and O–H groups in total. The van der Waals surface area contributed by atoms with Crippen LogP contribution in [0.1, 0.15) is 13.8 Å². The standard InChI is InChI=1S/C7H13NO3/c1-7(2)8-5(4-11-7)6(9)10-3/h5,8H,4H2,1-3H3. The first kappa shape index (κ1) is 8.49. The van der Waals surface area contributed by atoms with Crippen molar-refractivity contribution in [1.29, 1.82) is 0 Å². The van der Waals surface area contributed by atoms with Crippen molar-refractivity contribution in [3.8, 4) is 0 Å². The summed E-state index contributed by atoms with van der Waals surface area (Å²) < 4.78 is 9.81. The molecule has 0 aromatic carbocycles. The summed E-state index contributed by atoms with van der Waals surface area (Å²) in [7, 11) is 1.37. The van der Waals surface area contributed by atoms with Crippen LogP contribution < -0.4 is 5.32 Å². The van der Waals surface area contributed by atoms with E-state index >= 15 is 0 Å². The minimum atomic E-state index is -0.404. The second-order valence-corrected chi connectivity index (χ2v) is 3.04. The fourth-order valence-corrected chi connectivity index (χ4v) is 1.06. The molecular weight excluding hydrogens is 146 g/mol. The number of hydrogen-bond acceptors (Lipinski definition) is 4. The number of nitrogens with one attached hydrogen (secondary N) is 1. The van der Waals surface area contributed by atoms with E-state index in [-0.39, 0.29) is 12.0 Å². The Kier molecular flexibility index (Phi) is 2.15. The summed E-state index contributed by atoms with van der Waals surface area (Å²) in [5.74, 6) is -0.268. The van der Waals surface area contributed by atoms with Gasteiger partial charge in [0, 0.05) is 0 Å².